The van der Waals surface area contributed by atoms with Gasteiger partial charge in [0.25, 0.3) is 11.8 Å². The number of carbonyl (C=O) groups excluding carboxylic acids is 2. The third-order valence-electron chi connectivity index (χ3n) is 6.26. The Hall–Kier alpha value is -3.23. The van der Waals surface area contributed by atoms with E-state index in [1.54, 1.807) is 17.5 Å². The van der Waals surface area contributed by atoms with E-state index in [2.05, 4.69) is 27.2 Å². The third-order valence-corrected chi connectivity index (χ3v) is 7.06. The number of hydrogen-bond acceptors (Lipinski definition) is 5. The fraction of sp³-hybridized carbons (Fsp3) is 0.292. The van der Waals surface area contributed by atoms with Crippen LogP contribution in [0.25, 0.3) is 22.2 Å². The van der Waals surface area contributed by atoms with Gasteiger partial charge in [-0.3, -0.25) is 9.59 Å². The van der Waals surface area contributed by atoms with E-state index in [1.807, 2.05) is 48.4 Å². The lowest BCUT2D eigenvalue weighted by Gasteiger charge is -2.32. The van der Waals surface area contributed by atoms with Gasteiger partial charge in [0.15, 0.2) is 0 Å². The first kappa shape index (κ1) is 20.7. The van der Waals surface area contributed by atoms with Crippen molar-refractivity contribution in [1.29, 1.82) is 0 Å². The predicted octanol–water partition coefficient (Wildman–Crippen LogP) is 3.64. The average molecular weight is 448 g/mol. The van der Waals surface area contributed by atoms with Crippen LogP contribution in [-0.2, 0) is 4.79 Å². The Balaban J connectivity index is 1.55. The van der Waals surface area contributed by atoms with E-state index in [9.17, 15) is 9.59 Å². The molecule has 2 aliphatic heterocycles. The van der Waals surface area contributed by atoms with Crippen molar-refractivity contribution < 1.29 is 9.59 Å². The summed E-state index contributed by atoms with van der Waals surface area (Å²) in [5.74, 6) is -0.101. The van der Waals surface area contributed by atoms with Gasteiger partial charge >= 0.3 is 0 Å². The maximum Gasteiger partial charge on any atom is 0.256 e. The van der Waals surface area contributed by atoms with Gasteiger partial charge < -0.3 is 20.1 Å². The van der Waals surface area contributed by atoms with Crippen LogP contribution in [0.3, 0.4) is 0 Å². The molecule has 0 radical (unpaired) electrons. The van der Waals surface area contributed by atoms with Crippen molar-refractivity contribution in [2.75, 3.05) is 38.5 Å². The van der Waals surface area contributed by atoms with Gasteiger partial charge in [0, 0.05) is 66.0 Å². The number of H-pyrrole nitrogens is 1. The standard InChI is InChI=1S/C24H25N5O2S/c1-14-19(26-15(2)20(14)24(31)29-10-8-28(3)9-11-29)13-17-21-16(23-25-7-12-32-23)5-4-6-18(21)27-22(17)30/h4-7,12-13,26H,8-11H2,1-3H3,(H,27,30). The summed E-state index contributed by atoms with van der Waals surface area (Å²) in [5, 5.41) is 5.76. The molecular formula is C24H25N5O2S. The number of nitrogens with zero attached hydrogens (tertiary/aromatic N) is 3. The molecular weight excluding hydrogens is 422 g/mol. The summed E-state index contributed by atoms with van der Waals surface area (Å²) >= 11 is 1.54. The molecule has 4 heterocycles. The highest BCUT2D eigenvalue weighted by Crippen LogP contribution is 2.41. The number of hydrogen-bond donors (Lipinski definition) is 2. The zero-order valence-corrected chi connectivity index (χ0v) is 19.2. The lowest BCUT2D eigenvalue weighted by Crippen LogP contribution is -2.47. The van der Waals surface area contributed by atoms with Gasteiger partial charge in [-0.25, -0.2) is 4.98 Å². The molecule has 32 heavy (non-hydrogen) atoms. The quantitative estimate of drug-likeness (QED) is 0.601. The monoisotopic (exact) mass is 447 g/mol. The van der Waals surface area contributed by atoms with Crippen molar-refractivity contribution in [1.82, 2.24) is 19.8 Å². The van der Waals surface area contributed by atoms with Gasteiger partial charge in [-0.15, -0.1) is 11.3 Å². The second-order valence-electron chi connectivity index (χ2n) is 8.34. The molecule has 0 aliphatic carbocycles. The highest BCUT2D eigenvalue weighted by molar-refractivity contribution is 7.13. The van der Waals surface area contributed by atoms with Gasteiger partial charge in [0.2, 0.25) is 0 Å². The Kier molecular flexibility index (Phi) is 5.19. The Morgan fingerprint density at radius 2 is 1.97 bits per heavy atom. The summed E-state index contributed by atoms with van der Waals surface area (Å²) in [5.41, 5.74) is 6.32. The molecule has 1 saturated heterocycles. The molecule has 7 nitrogen and oxygen atoms in total. The van der Waals surface area contributed by atoms with E-state index >= 15 is 0 Å². The van der Waals surface area contributed by atoms with Crippen molar-refractivity contribution in [3.8, 4) is 10.6 Å². The largest absolute Gasteiger partial charge is 0.358 e. The Morgan fingerprint density at radius 3 is 2.69 bits per heavy atom. The number of aryl methyl sites for hydroxylation is 1. The Bertz CT molecular complexity index is 1230. The number of nitrogens with one attached hydrogen (secondary N) is 2. The SMILES string of the molecule is Cc1[nH]c(C=C2C(=O)Nc3cccc(-c4nccs4)c32)c(C)c1C(=O)N1CCN(C)CC1. The third kappa shape index (κ3) is 3.45. The number of rotatable bonds is 3. The first-order valence-corrected chi connectivity index (χ1v) is 11.5. The fourth-order valence-electron chi connectivity index (χ4n) is 4.47. The number of aromatic nitrogens is 2. The van der Waals surface area contributed by atoms with E-state index in [0.717, 1.165) is 65.0 Å². The van der Waals surface area contributed by atoms with Crippen LogP contribution >= 0.6 is 11.3 Å². The second kappa shape index (κ2) is 8.03. The summed E-state index contributed by atoms with van der Waals surface area (Å²) in [6, 6.07) is 5.82. The molecule has 3 aromatic rings. The van der Waals surface area contributed by atoms with E-state index in [-0.39, 0.29) is 11.8 Å². The molecule has 0 spiro atoms. The van der Waals surface area contributed by atoms with Crippen LogP contribution in [-0.4, -0.2) is 64.8 Å². The molecule has 2 amide bonds. The summed E-state index contributed by atoms with van der Waals surface area (Å²) < 4.78 is 0. The maximum atomic E-state index is 13.3. The molecule has 0 bridgehead atoms. The van der Waals surface area contributed by atoms with Gasteiger partial charge in [0.1, 0.15) is 5.01 Å². The zero-order chi connectivity index (χ0) is 22.4. The number of carbonyl (C=O) groups is 2. The zero-order valence-electron chi connectivity index (χ0n) is 18.4. The number of piperazine rings is 1. The number of fused-ring (bicyclic) bond motifs is 1. The number of thiazole rings is 1. The maximum absolute atomic E-state index is 13.3. The van der Waals surface area contributed by atoms with Crippen LogP contribution in [0, 0.1) is 13.8 Å². The second-order valence-corrected chi connectivity index (χ2v) is 9.23. The van der Waals surface area contributed by atoms with E-state index in [1.165, 1.54) is 0 Å². The van der Waals surface area contributed by atoms with E-state index < -0.39 is 0 Å². The minimum absolute atomic E-state index is 0.0498. The summed E-state index contributed by atoms with van der Waals surface area (Å²) in [6.07, 6.45) is 3.63. The molecule has 5 rings (SSSR count). The van der Waals surface area contributed by atoms with Crippen LogP contribution < -0.4 is 5.32 Å². The minimum atomic E-state index is -0.150. The molecule has 0 unspecified atom stereocenters. The Labute approximate surface area is 190 Å². The minimum Gasteiger partial charge on any atom is -0.358 e. The first-order chi connectivity index (χ1) is 15.4. The van der Waals surface area contributed by atoms with E-state index in [0.29, 0.717) is 11.1 Å². The fourth-order valence-corrected chi connectivity index (χ4v) is 5.14. The summed E-state index contributed by atoms with van der Waals surface area (Å²) in [6.45, 7) is 7.07. The van der Waals surface area contributed by atoms with Crippen LogP contribution in [0.2, 0.25) is 0 Å². The highest BCUT2D eigenvalue weighted by atomic mass is 32.1. The van der Waals surface area contributed by atoms with Crippen molar-refractivity contribution in [3.05, 3.63) is 57.9 Å². The van der Waals surface area contributed by atoms with Gasteiger partial charge in [-0.1, -0.05) is 12.1 Å². The van der Waals surface area contributed by atoms with Gasteiger partial charge in [0.05, 0.1) is 11.1 Å². The number of likely N-dealkylation sites (N-methyl/N-ethyl adjacent to an activating group) is 1. The lowest BCUT2D eigenvalue weighted by atomic mass is 9.99. The van der Waals surface area contributed by atoms with Crippen LogP contribution in [0.4, 0.5) is 5.69 Å². The topological polar surface area (TPSA) is 81.3 Å². The van der Waals surface area contributed by atoms with Crippen LogP contribution in [0.15, 0.2) is 29.8 Å². The van der Waals surface area contributed by atoms with Crippen LogP contribution in [0.1, 0.15) is 32.9 Å². The predicted molar refractivity (Wildman–Crippen MR) is 128 cm³/mol. The molecule has 164 valence electrons. The van der Waals surface area contributed by atoms with Crippen molar-refractivity contribution in [2.45, 2.75) is 13.8 Å². The molecule has 0 saturated carbocycles. The number of amides is 2. The van der Waals surface area contributed by atoms with Crippen molar-refractivity contribution in [3.63, 3.8) is 0 Å². The molecule has 1 aromatic carbocycles. The van der Waals surface area contributed by atoms with Crippen LogP contribution in [0.5, 0.6) is 0 Å². The highest BCUT2D eigenvalue weighted by Gasteiger charge is 2.30. The normalized spacial score (nSPS) is 17.7. The molecule has 1 fully saturated rings. The van der Waals surface area contributed by atoms with E-state index in [4.69, 9.17) is 0 Å². The lowest BCUT2D eigenvalue weighted by molar-refractivity contribution is -0.110. The smallest absolute Gasteiger partial charge is 0.256 e. The Morgan fingerprint density at radius 1 is 1.19 bits per heavy atom. The van der Waals surface area contributed by atoms with Gasteiger partial charge in [-0.2, -0.15) is 0 Å². The van der Waals surface area contributed by atoms with Crippen molar-refractivity contribution in [2.24, 2.45) is 0 Å². The molecule has 8 heteroatoms. The number of anilines is 1. The average Bonchev–Trinajstić information content (AvgIpc) is 3.48. The number of aromatic amines is 1. The summed E-state index contributed by atoms with van der Waals surface area (Å²) in [4.78, 5) is 38.1. The van der Waals surface area contributed by atoms with Gasteiger partial charge in [-0.05, 0) is 38.6 Å². The van der Waals surface area contributed by atoms with Crippen molar-refractivity contribution >= 4 is 40.5 Å². The molecule has 2 aromatic heterocycles. The molecule has 0 atom stereocenters. The molecule has 2 aliphatic rings. The first-order valence-electron chi connectivity index (χ1n) is 10.7. The summed E-state index contributed by atoms with van der Waals surface area (Å²) in [7, 11) is 2.07. The number of benzene rings is 1. The molecule has 2 N–H and O–H groups in total.